The van der Waals surface area contributed by atoms with Crippen LogP contribution in [0.3, 0.4) is 0 Å². The minimum absolute atomic E-state index is 0.0109. The lowest BCUT2D eigenvalue weighted by Crippen LogP contribution is -2.45. The number of nitrogens with one attached hydrogen (secondary N) is 1. The van der Waals surface area contributed by atoms with E-state index in [9.17, 15) is 14.4 Å². The van der Waals surface area contributed by atoms with Crippen molar-refractivity contribution in [2.24, 2.45) is 19.5 Å². The minimum Gasteiger partial charge on any atom is -0.497 e. The quantitative estimate of drug-likeness (QED) is 0.812. The van der Waals surface area contributed by atoms with Crippen LogP contribution in [-0.4, -0.2) is 29.1 Å². The molecule has 1 aromatic heterocycles. The number of methoxy groups -OCH3 is 2. The lowest BCUT2D eigenvalue weighted by Gasteiger charge is -2.39. The number of Topliss-reactive ketones (excluding diaryl/α,β-unsaturated/α-hetero) is 1. The second-order valence-corrected chi connectivity index (χ2v) is 8.97. The predicted octanol–water partition coefficient (Wildman–Crippen LogP) is 2.30. The predicted molar refractivity (Wildman–Crippen MR) is 117 cm³/mol. The Bertz CT molecular complexity index is 1250. The third-order valence-electron chi connectivity index (χ3n) is 6.22. The van der Waals surface area contributed by atoms with Crippen molar-refractivity contribution in [2.45, 2.75) is 32.6 Å². The van der Waals surface area contributed by atoms with Crippen molar-refractivity contribution in [1.82, 2.24) is 9.13 Å². The Labute approximate surface area is 180 Å². The molecule has 8 nitrogen and oxygen atoms in total. The van der Waals surface area contributed by atoms with Gasteiger partial charge in [0.15, 0.2) is 5.78 Å². The van der Waals surface area contributed by atoms with E-state index in [1.807, 2.05) is 19.9 Å². The SMILES string of the molecule is COc1ccc([C@@H]2C3=C(CC(C)(C)CC3=O)Nc3c2c(=O)n(C)c(=O)n3C)c(OC)c1. The number of anilines is 1. The molecule has 1 aromatic carbocycles. The van der Waals surface area contributed by atoms with Crippen LogP contribution in [0.2, 0.25) is 0 Å². The summed E-state index contributed by atoms with van der Waals surface area (Å²) in [5.74, 6) is 0.871. The first-order valence-electron chi connectivity index (χ1n) is 10.1. The van der Waals surface area contributed by atoms with Crippen LogP contribution in [0.25, 0.3) is 0 Å². The maximum atomic E-state index is 13.4. The molecular weight excluding hydrogens is 398 g/mol. The molecule has 0 radical (unpaired) electrons. The minimum atomic E-state index is -0.652. The number of carbonyl (C=O) groups excluding carboxylic acids is 1. The summed E-state index contributed by atoms with van der Waals surface area (Å²) in [5.41, 5.74) is 1.26. The smallest absolute Gasteiger partial charge is 0.332 e. The summed E-state index contributed by atoms with van der Waals surface area (Å²) in [6.07, 6.45) is 1.01. The van der Waals surface area contributed by atoms with Crippen LogP contribution >= 0.6 is 0 Å². The Hall–Kier alpha value is -3.29. The number of hydrogen-bond acceptors (Lipinski definition) is 6. The van der Waals surface area contributed by atoms with Gasteiger partial charge in [-0.05, 0) is 17.9 Å². The van der Waals surface area contributed by atoms with Crippen LogP contribution in [0.15, 0.2) is 39.1 Å². The zero-order valence-corrected chi connectivity index (χ0v) is 18.7. The average Bonchev–Trinajstić information content (AvgIpc) is 2.73. The van der Waals surface area contributed by atoms with Gasteiger partial charge in [-0.25, -0.2) is 4.79 Å². The van der Waals surface area contributed by atoms with Crippen LogP contribution < -0.4 is 26.0 Å². The van der Waals surface area contributed by atoms with Gasteiger partial charge in [0, 0.05) is 43.4 Å². The summed E-state index contributed by atoms with van der Waals surface area (Å²) in [7, 11) is 6.17. The van der Waals surface area contributed by atoms with Crippen LogP contribution in [0.4, 0.5) is 5.82 Å². The zero-order valence-electron chi connectivity index (χ0n) is 18.7. The van der Waals surface area contributed by atoms with Crippen LogP contribution in [-0.2, 0) is 18.9 Å². The normalized spacial score (nSPS) is 19.4. The van der Waals surface area contributed by atoms with Gasteiger partial charge in [-0.15, -0.1) is 0 Å². The van der Waals surface area contributed by atoms with E-state index in [0.29, 0.717) is 46.9 Å². The summed E-state index contributed by atoms with van der Waals surface area (Å²) in [6, 6.07) is 5.34. The Morgan fingerprint density at radius 2 is 1.74 bits per heavy atom. The third-order valence-corrected chi connectivity index (χ3v) is 6.22. The van der Waals surface area contributed by atoms with Crippen molar-refractivity contribution in [2.75, 3.05) is 19.5 Å². The molecule has 0 saturated carbocycles. The van der Waals surface area contributed by atoms with Gasteiger partial charge in [0.2, 0.25) is 0 Å². The molecule has 0 bridgehead atoms. The molecule has 8 heteroatoms. The van der Waals surface area contributed by atoms with Gasteiger partial charge < -0.3 is 14.8 Å². The lowest BCUT2D eigenvalue weighted by atomic mass is 9.69. The molecule has 2 aliphatic rings. The highest BCUT2D eigenvalue weighted by molar-refractivity contribution is 6.01. The van der Waals surface area contributed by atoms with E-state index < -0.39 is 17.2 Å². The van der Waals surface area contributed by atoms with Crippen molar-refractivity contribution in [3.63, 3.8) is 0 Å². The molecule has 0 unspecified atom stereocenters. The van der Waals surface area contributed by atoms with Gasteiger partial charge in [0.05, 0.1) is 25.7 Å². The molecule has 1 atom stereocenters. The van der Waals surface area contributed by atoms with Gasteiger partial charge in [0.1, 0.15) is 17.3 Å². The van der Waals surface area contributed by atoms with E-state index in [1.165, 1.54) is 11.6 Å². The molecule has 2 heterocycles. The standard InChI is InChI=1S/C23H27N3O5/c1-23(2)10-14-18(15(27)11-23)17(13-8-7-12(30-5)9-16(13)31-6)19-20(24-14)25(3)22(29)26(4)21(19)28/h7-9,17,24H,10-11H2,1-6H3/t17-/m1/s1. The summed E-state index contributed by atoms with van der Waals surface area (Å²) >= 11 is 0. The molecule has 164 valence electrons. The average molecular weight is 425 g/mol. The highest BCUT2D eigenvalue weighted by Crippen LogP contribution is 2.49. The fraction of sp³-hybridized carbons (Fsp3) is 0.435. The van der Waals surface area contributed by atoms with Gasteiger partial charge in [0.25, 0.3) is 5.56 Å². The van der Waals surface area contributed by atoms with E-state index in [0.717, 1.165) is 10.3 Å². The molecule has 1 aliphatic heterocycles. The molecule has 2 aromatic rings. The van der Waals surface area contributed by atoms with Crippen molar-refractivity contribution in [3.8, 4) is 11.5 Å². The Balaban J connectivity index is 2.09. The lowest BCUT2D eigenvalue weighted by molar-refractivity contribution is -0.118. The topological polar surface area (TPSA) is 91.6 Å². The van der Waals surface area contributed by atoms with Crippen LogP contribution in [0, 0.1) is 5.41 Å². The fourth-order valence-electron chi connectivity index (χ4n) is 4.72. The first-order valence-corrected chi connectivity index (χ1v) is 10.1. The van der Waals surface area contributed by atoms with E-state index in [4.69, 9.17) is 9.47 Å². The molecule has 0 amide bonds. The number of nitrogens with zero attached hydrogens (tertiary/aromatic N) is 2. The molecule has 0 spiro atoms. The largest absolute Gasteiger partial charge is 0.497 e. The Kier molecular flexibility index (Phi) is 4.83. The number of fused-ring (bicyclic) bond motifs is 1. The number of ketones is 1. The highest BCUT2D eigenvalue weighted by Gasteiger charge is 2.43. The number of carbonyl (C=O) groups is 1. The van der Waals surface area contributed by atoms with Crippen molar-refractivity contribution < 1.29 is 14.3 Å². The van der Waals surface area contributed by atoms with Crippen molar-refractivity contribution in [1.29, 1.82) is 0 Å². The second-order valence-electron chi connectivity index (χ2n) is 8.97. The molecule has 1 aliphatic carbocycles. The molecular formula is C23H27N3O5. The van der Waals surface area contributed by atoms with E-state index >= 15 is 0 Å². The van der Waals surface area contributed by atoms with Gasteiger partial charge in [-0.3, -0.25) is 18.7 Å². The van der Waals surface area contributed by atoms with Gasteiger partial charge in [-0.1, -0.05) is 19.9 Å². The summed E-state index contributed by atoms with van der Waals surface area (Å²) in [4.78, 5) is 39.3. The number of benzene rings is 1. The molecule has 4 rings (SSSR count). The third kappa shape index (κ3) is 3.17. The highest BCUT2D eigenvalue weighted by atomic mass is 16.5. The Morgan fingerprint density at radius 1 is 1.03 bits per heavy atom. The maximum absolute atomic E-state index is 13.4. The monoisotopic (exact) mass is 425 g/mol. The van der Waals surface area contributed by atoms with E-state index in [2.05, 4.69) is 5.32 Å². The van der Waals surface area contributed by atoms with Crippen LogP contribution in [0.1, 0.15) is 43.7 Å². The summed E-state index contributed by atoms with van der Waals surface area (Å²) in [6.45, 7) is 4.08. The number of aromatic nitrogens is 2. The number of hydrogen-bond donors (Lipinski definition) is 1. The first kappa shape index (κ1) is 21.0. The fourth-order valence-corrected chi connectivity index (χ4v) is 4.72. The summed E-state index contributed by atoms with van der Waals surface area (Å²) < 4.78 is 13.4. The molecule has 1 N–H and O–H groups in total. The second kappa shape index (κ2) is 7.14. The summed E-state index contributed by atoms with van der Waals surface area (Å²) in [5, 5.41) is 3.26. The number of allylic oxidation sites excluding steroid dienone is 2. The van der Waals surface area contributed by atoms with E-state index in [-0.39, 0.29) is 11.2 Å². The van der Waals surface area contributed by atoms with Crippen molar-refractivity contribution >= 4 is 11.6 Å². The van der Waals surface area contributed by atoms with Gasteiger partial charge >= 0.3 is 5.69 Å². The molecule has 31 heavy (non-hydrogen) atoms. The molecule has 0 fully saturated rings. The maximum Gasteiger partial charge on any atom is 0.332 e. The molecule has 0 saturated heterocycles. The Morgan fingerprint density at radius 3 is 2.39 bits per heavy atom. The van der Waals surface area contributed by atoms with E-state index in [1.54, 1.807) is 33.4 Å². The number of ether oxygens (including phenoxy) is 2. The van der Waals surface area contributed by atoms with Crippen LogP contribution in [0.5, 0.6) is 11.5 Å². The van der Waals surface area contributed by atoms with Crippen molar-refractivity contribution in [3.05, 3.63) is 61.4 Å². The zero-order chi connectivity index (χ0) is 22.7. The first-order chi connectivity index (χ1) is 14.6. The van der Waals surface area contributed by atoms with Gasteiger partial charge in [-0.2, -0.15) is 0 Å². The number of rotatable bonds is 3.